The number of carbonyl (C=O) groups is 4. The smallest absolute Gasteiger partial charge is 0.348 e. The molecular weight excluding hydrogens is 248 g/mol. The van der Waals surface area contributed by atoms with Gasteiger partial charge in [-0.05, 0) is 0 Å². The molecular formula is C10H14O8. The summed E-state index contributed by atoms with van der Waals surface area (Å²) < 4.78 is 17.6. The summed E-state index contributed by atoms with van der Waals surface area (Å²) >= 11 is 0. The van der Waals surface area contributed by atoms with E-state index >= 15 is 0 Å². The number of hydrogen-bond acceptors (Lipinski definition) is 8. The third-order valence-electron chi connectivity index (χ3n) is 2.12. The Labute approximate surface area is 103 Å². The highest BCUT2D eigenvalue weighted by molar-refractivity contribution is 5.87. The SMILES string of the molecule is COC(=O)CC(C(=O)OC)C(OC=O)C(=O)OC. The molecule has 0 spiro atoms. The minimum Gasteiger partial charge on any atom is -0.469 e. The number of ether oxygens (including phenoxy) is 4. The number of rotatable bonds is 7. The molecule has 0 saturated heterocycles. The molecule has 102 valence electrons. The van der Waals surface area contributed by atoms with E-state index in [1.807, 2.05) is 0 Å². The predicted octanol–water partition coefficient (Wildman–Crippen LogP) is -0.947. The van der Waals surface area contributed by atoms with E-state index in [4.69, 9.17) is 0 Å². The normalized spacial score (nSPS) is 12.8. The topological polar surface area (TPSA) is 105 Å². The van der Waals surface area contributed by atoms with Crippen LogP contribution in [-0.2, 0) is 38.1 Å². The van der Waals surface area contributed by atoms with Crippen molar-refractivity contribution in [3.05, 3.63) is 0 Å². The van der Waals surface area contributed by atoms with Gasteiger partial charge in [0, 0.05) is 0 Å². The molecule has 0 aliphatic heterocycles. The number of hydrogen-bond donors (Lipinski definition) is 0. The molecule has 0 aliphatic carbocycles. The fourth-order valence-corrected chi connectivity index (χ4v) is 1.22. The summed E-state index contributed by atoms with van der Waals surface area (Å²) in [6.07, 6.45) is -2.03. The van der Waals surface area contributed by atoms with Crippen LogP contribution in [0.4, 0.5) is 0 Å². The molecule has 0 amide bonds. The van der Waals surface area contributed by atoms with Crippen LogP contribution in [0, 0.1) is 5.92 Å². The van der Waals surface area contributed by atoms with Crippen molar-refractivity contribution in [3.8, 4) is 0 Å². The van der Waals surface area contributed by atoms with Crippen molar-refractivity contribution >= 4 is 24.4 Å². The largest absolute Gasteiger partial charge is 0.469 e. The van der Waals surface area contributed by atoms with E-state index in [2.05, 4.69) is 18.9 Å². The Morgan fingerprint density at radius 3 is 1.94 bits per heavy atom. The van der Waals surface area contributed by atoms with Crippen molar-refractivity contribution in [3.63, 3.8) is 0 Å². The van der Waals surface area contributed by atoms with Crippen LogP contribution in [0.5, 0.6) is 0 Å². The van der Waals surface area contributed by atoms with Crippen molar-refractivity contribution in [2.75, 3.05) is 21.3 Å². The van der Waals surface area contributed by atoms with Crippen molar-refractivity contribution in [1.29, 1.82) is 0 Å². The zero-order chi connectivity index (χ0) is 14.1. The molecule has 0 radical (unpaired) electrons. The molecule has 0 aromatic carbocycles. The molecule has 8 heteroatoms. The van der Waals surface area contributed by atoms with Crippen LogP contribution in [0.1, 0.15) is 6.42 Å². The van der Waals surface area contributed by atoms with Gasteiger partial charge in [-0.15, -0.1) is 0 Å². The van der Waals surface area contributed by atoms with E-state index in [-0.39, 0.29) is 6.47 Å². The highest BCUT2D eigenvalue weighted by atomic mass is 16.6. The summed E-state index contributed by atoms with van der Waals surface area (Å²) in [5, 5.41) is 0. The lowest BCUT2D eigenvalue weighted by Gasteiger charge is -2.20. The monoisotopic (exact) mass is 262 g/mol. The highest BCUT2D eigenvalue weighted by Gasteiger charge is 2.39. The minimum absolute atomic E-state index is 0.0190. The minimum atomic E-state index is -1.56. The Bertz CT molecular complexity index is 324. The summed E-state index contributed by atoms with van der Waals surface area (Å²) in [4.78, 5) is 44.3. The fraction of sp³-hybridized carbons (Fsp3) is 0.600. The Kier molecular flexibility index (Phi) is 7.10. The van der Waals surface area contributed by atoms with Crippen molar-refractivity contribution in [1.82, 2.24) is 0 Å². The predicted molar refractivity (Wildman–Crippen MR) is 55.1 cm³/mol. The second-order valence-corrected chi connectivity index (χ2v) is 3.09. The Hall–Kier alpha value is -2.12. The third-order valence-corrected chi connectivity index (χ3v) is 2.12. The van der Waals surface area contributed by atoms with Gasteiger partial charge in [-0.1, -0.05) is 0 Å². The maximum Gasteiger partial charge on any atom is 0.348 e. The average Bonchev–Trinajstić information content (AvgIpc) is 2.40. The molecule has 0 fully saturated rings. The summed E-state index contributed by atoms with van der Waals surface area (Å²) in [6.45, 7) is -0.0190. The van der Waals surface area contributed by atoms with E-state index in [0.29, 0.717) is 0 Å². The first-order chi connectivity index (χ1) is 8.51. The van der Waals surface area contributed by atoms with Crippen LogP contribution in [0.15, 0.2) is 0 Å². The quantitative estimate of drug-likeness (QED) is 0.328. The fourth-order valence-electron chi connectivity index (χ4n) is 1.22. The molecule has 0 rings (SSSR count). The molecule has 0 aromatic heterocycles. The molecule has 2 atom stereocenters. The van der Waals surface area contributed by atoms with E-state index in [9.17, 15) is 19.2 Å². The van der Waals surface area contributed by atoms with Gasteiger partial charge in [0.2, 0.25) is 6.10 Å². The van der Waals surface area contributed by atoms with Gasteiger partial charge in [-0.25, -0.2) is 4.79 Å². The molecule has 18 heavy (non-hydrogen) atoms. The average molecular weight is 262 g/mol. The van der Waals surface area contributed by atoms with Crippen LogP contribution < -0.4 is 0 Å². The van der Waals surface area contributed by atoms with Gasteiger partial charge in [-0.2, -0.15) is 0 Å². The molecule has 8 nitrogen and oxygen atoms in total. The van der Waals surface area contributed by atoms with Gasteiger partial charge in [0.25, 0.3) is 6.47 Å². The summed E-state index contributed by atoms with van der Waals surface area (Å²) in [6, 6.07) is 0. The first-order valence-electron chi connectivity index (χ1n) is 4.83. The summed E-state index contributed by atoms with van der Waals surface area (Å²) in [7, 11) is 3.24. The lowest BCUT2D eigenvalue weighted by molar-refractivity contribution is -0.172. The summed E-state index contributed by atoms with van der Waals surface area (Å²) in [5.41, 5.74) is 0. The standard InChI is InChI=1S/C10H14O8/c1-15-7(12)4-6(9(13)16-2)8(18-5-11)10(14)17-3/h5-6,8H,4H2,1-3H3. The molecule has 0 aromatic rings. The molecule has 0 N–H and O–H groups in total. The number of methoxy groups -OCH3 is 3. The van der Waals surface area contributed by atoms with Crippen molar-refractivity contribution in [2.45, 2.75) is 12.5 Å². The maximum atomic E-state index is 11.5. The third kappa shape index (κ3) is 4.40. The van der Waals surface area contributed by atoms with Crippen LogP contribution in [0.3, 0.4) is 0 Å². The van der Waals surface area contributed by atoms with E-state index in [1.165, 1.54) is 0 Å². The Morgan fingerprint density at radius 2 is 1.56 bits per heavy atom. The Balaban J connectivity index is 5.08. The first kappa shape index (κ1) is 15.9. The van der Waals surface area contributed by atoms with Crippen molar-refractivity contribution in [2.24, 2.45) is 5.92 Å². The molecule has 0 saturated carbocycles. The van der Waals surface area contributed by atoms with E-state index < -0.39 is 36.4 Å². The zero-order valence-corrected chi connectivity index (χ0v) is 10.2. The maximum absolute atomic E-state index is 11.5. The lowest BCUT2D eigenvalue weighted by atomic mass is 9.98. The number of esters is 3. The van der Waals surface area contributed by atoms with Crippen LogP contribution in [0.2, 0.25) is 0 Å². The zero-order valence-electron chi connectivity index (χ0n) is 10.2. The Morgan fingerprint density at radius 1 is 1.00 bits per heavy atom. The van der Waals surface area contributed by atoms with Crippen LogP contribution in [-0.4, -0.2) is 51.8 Å². The van der Waals surface area contributed by atoms with Crippen LogP contribution >= 0.6 is 0 Å². The second kappa shape index (κ2) is 8.04. The molecule has 0 heterocycles. The van der Waals surface area contributed by atoms with Gasteiger partial charge in [0.05, 0.1) is 27.8 Å². The number of carbonyl (C=O) groups excluding carboxylic acids is 4. The van der Waals surface area contributed by atoms with Gasteiger partial charge in [-0.3, -0.25) is 14.4 Å². The van der Waals surface area contributed by atoms with E-state index in [1.54, 1.807) is 0 Å². The lowest BCUT2D eigenvalue weighted by Crippen LogP contribution is -2.40. The highest BCUT2D eigenvalue weighted by Crippen LogP contribution is 2.16. The van der Waals surface area contributed by atoms with Gasteiger partial charge < -0.3 is 18.9 Å². The van der Waals surface area contributed by atoms with Gasteiger partial charge in [0.15, 0.2) is 0 Å². The molecule has 0 aliphatic rings. The molecule has 2 unspecified atom stereocenters. The van der Waals surface area contributed by atoms with Crippen LogP contribution in [0.25, 0.3) is 0 Å². The van der Waals surface area contributed by atoms with Crippen molar-refractivity contribution < 1.29 is 38.1 Å². The van der Waals surface area contributed by atoms with E-state index in [0.717, 1.165) is 21.3 Å². The van der Waals surface area contributed by atoms with Gasteiger partial charge in [0.1, 0.15) is 5.92 Å². The van der Waals surface area contributed by atoms with Gasteiger partial charge >= 0.3 is 17.9 Å². The summed E-state index contributed by atoms with van der Waals surface area (Å²) in [5.74, 6) is -3.94. The first-order valence-corrected chi connectivity index (χ1v) is 4.83. The molecule has 0 bridgehead atoms. The second-order valence-electron chi connectivity index (χ2n) is 3.09.